The molecule has 0 radical (unpaired) electrons. The first kappa shape index (κ1) is 13.1. The first-order chi connectivity index (χ1) is 8.56. The average molecular weight is 248 g/mol. The average Bonchev–Trinajstić information content (AvgIpc) is 2.65. The number of rotatable bonds is 3. The Labute approximate surface area is 108 Å². The predicted molar refractivity (Wildman–Crippen MR) is 69.9 cm³/mol. The Morgan fingerprint density at radius 2 is 2.17 bits per heavy atom. The van der Waals surface area contributed by atoms with E-state index in [2.05, 4.69) is 17.0 Å². The van der Waals surface area contributed by atoms with E-state index in [0.717, 1.165) is 13.1 Å². The van der Waals surface area contributed by atoms with Crippen molar-refractivity contribution in [1.82, 2.24) is 4.90 Å². The van der Waals surface area contributed by atoms with Crippen LogP contribution in [0.25, 0.3) is 0 Å². The van der Waals surface area contributed by atoms with Crippen molar-refractivity contribution in [2.24, 2.45) is 5.73 Å². The maximum atomic E-state index is 12.0. The molecule has 2 atom stereocenters. The molecule has 1 fully saturated rings. The van der Waals surface area contributed by atoms with Crippen LogP contribution in [-0.2, 0) is 16.1 Å². The SMILES string of the molecule is COC(=O)[C@@]1(C)C[C@H](N)CN1Cc1ccccc1. The second-order valence-corrected chi connectivity index (χ2v) is 5.10. The van der Waals surface area contributed by atoms with Crippen molar-refractivity contribution in [2.75, 3.05) is 13.7 Å². The first-order valence-electron chi connectivity index (χ1n) is 6.19. The Kier molecular flexibility index (Phi) is 3.68. The van der Waals surface area contributed by atoms with Crippen LogP contribution in [0.1, 0.15) is 18.9 Å². The summed E-state index contributed by atoms with van der Waals surface area (Å²) in [6.45, 7) is 3.36. The third-order valence-corrected chi connectivity index (χ3v) is 3.65. The topological polar surface area (TPSA) is 55.6 Å². The van der Waals surface area contributed by atoms with Crippen LogP contribution in [0.3, 0.4) is 0 Å². The van der Waals surface area contributed by atoms with E-state index in [-0.39, 0.29) is 12.0 Å². The Hall–Kier alpha value is -1.39. The highest BCUT2D eigenvalue weighted by molar-refractivity contribution is 5.80. The molecule has 1 aliphatic heterocycles. The molecule has 1 saturated heterocycles. The number of benzene rings is 1. The minimum atomic E-state index is -0.607. The lowest BCUT2D eigenvalue weighted by Crippen LogP contribution is -2.48. The molecule has 0 saturated carbocycles. The highest BCUT2D eigenvalue weighted by Crippen LogP contribution is 2.31. The number of nitrogens with two attached hydrogens (primary N) is 1. The van der Waals surface area contributed by atoms with Crippen LogP contribution in [0.4, 0.5) is 0 Å². The zero-order valence-corrected chi connectivity index (χ0v) is 10.9. The van der Waals surface area contributed by atoms with Gasteiger partial charge in [-0.3, -0.25) is 9.69 Å². The van der Waals surface area contributed by atoms with Gasteiger partial charge < -0.3 is 10.5 Å². The van der Waals surface area contributed by atoms with Crippen LogP contribution in [0.15, 0.2) is 30.3 Å². The fraction of sp³-hybridized carbons (Fsp3) is 0.500. The molecule has 1 heterocycles. The number of carbonyl (C=O) groups excluding carboxylic acids is 1. The van der Waals surface area contributed by atoms with Gasteiger partial charge in [0, 0.05) is 19.1 Å². The molecule has 4 heteroatoms. The van der Waals surface area contributed by atoms with Crippen LogP contribution >= 0.6 is 0 Å². The van der Waals surface area contributed by atoms with E-state index < -0.39 is 5.54 Å². The minimum Gasteiger partial charge on any atom is -0.468 e. The van der Waals surface area contributed by atoms with Gasteiger partial charge in [-0.15, -0.1) is 0 Å². The van der Waals surface area contributed by atoms with Gasteiger partial charge in [0.25, 0.3) is 0 Å². The summed E-state index contributed by atoms with van der Waals surface area (Å²) in [6.07, 6.45) is 0.645. The summed E-state index contributed by atoms with van der Waals surface area (Å²) in [5, 5.41) is 0. The summed E-state index contributed by atoms with van der Waals surface area (Å²) in [4.78, 5) is 14.1. The Bertz CT molecular complexity index is 421. The summed E-state index contributed by atoms with van der Waals surface area (Å²) >= 11 is 0. The lowest BCUT2D eigenvalue weighted by Gasteiger charge is -2.32. The van der Waals surface area contributed by atoms with Crippen LogP contribution in [-0.4, -0.2) is 36.1 Å². The van der Waals surface area contributed by atoms with Crippen LogP contribution in [0.2, 0.25) is 0 Å². The minimum absolute atomic E-state index is 0.0258. The molecule has 0 amide bonds. The summed E-state index contributed by atoms with van der Waals surface area (Å²) in [5.74, 6) is -0.202. The van der Waals surface area contributed by atoms with Crippen molar-refractivity contribution < 1.29 is 9.53 Å². The fourth-order valence-corrected chi connectivity index (χ4v) is 2.66. The van der Waals surface area contributed by atoms with Crippen molar-refractivity contribution in [3.05, 3.63) is 35.9 Å². The molecule has 0 bridgehead atoms. The molecule has 4 nitrogen and oxygen atoms in total. The number of methoxy groups -OCH3 is 1. The number of carbonyl (C=O) groups is 1. The normalized spacial score (nSPS) is 28.3. The first-order valence-corrected chi connectivity index (χ1v) is 6.19. The predicted octanol–water partition coefficient (Wildman–Crippen LogP) is 1.15. The molecule has 2 N–H and O–H groups in total. The van der Waals surface area contributed by atoms with Gasteiger partial charge >= 0.3 is 5.97 Å². The number of hydrogen-bond acceptors (Lipinski definition) is 4. The van der Waals surface area contributed by atoms with E-state index in [1.54, 1.807) is 0 Å². The molecule has 18 heavy (non-hydrogen) atoms. The van der Waals surface area contributed by atoms with Gasteiger partial charge in [-0.05, 0) is 18.9 Å². The van der Waals surface area contributed by atoms with Crippen molar-refractivity contribution in [3.8, 4) is 0 Å². The zero-order valence-electron chi connectivity index (χ0n) is 10.9. The highest BCUT2D eigenvalue weighted by atomic mass is 16.5. The quantitative estimate of drug-likeness (QED) is 0.815. The summed E-state index contributed by atoms with van der Waals surface area (Å²) in [6, 6.07) is 10.1. The molecule has 1 aromatic rings. The van der Waals surface area contributed by atoms with E-state index in [1.165, 1.54) is 12.7 Å². The van der Waals surface area contributed by atoms with Crippen LogP contribution in [0, 0.1) is 0 Å². The number of esters is 1. The number of likely N-dealkylation sites (tertiary alicyclic amines) is 1. The molecular weight excluding hydrogens is 228 g/mol. The van der Waals surface area contributed by atoms with E-state index >= 15 is 0 Å². The second-order valence-electron chi connectivity index (χ2n) is 5.10. The Morgan fingerprint density at radius 1 is 1.50 bits per heavy atom. The van der Waals surface area contributed by atoms with Crippen LogP contribution in [0.5, 0.6) is 0 Å². The number of ether oxygens (including phenoxy) is 1. The Balaban J connectivity index is 2.18. The van der Waals surface area contributed by atoms with Gasteiger partial charge in [0.2, 0.25) is 0 Å². The molecule has 0 aliphatic carbocycles. The van der Waals surface area contributed by atoms with Crippen molar-refractivity contribution in [2.45, 2.75) is 31.5 Å². The van der Waals surface area contributed by atoms with Gasteiger partial charge in [-0.25, -0.2) is 0 Å². The smallest absolute Gasteiger partial charge is 0.326 e. The molecule has 98 valence electrons. The van der Waals surface area contributed by atoms with Crippen LogP contribution < -0.4 is 5.73 Å². The molecule has 0 spiro atoms. The van der Waals surface area contributed by atoms with E-state index in [0.29, 0.717) is 6.42 Å². The van der Waals surface area contributed by atoms with E-state index in [1.807, 2.05) is 25.1 Å². The largest absolute Gasteiger partial charge is 0.468 e. The van der Waals surface area contributed by atoms with Gasteiger partial charge in [-0.1, -0.05) is 30.3 Å². The lowest BCUT2D eigenvalue weighted by molar-refractivity contribution is -0.152. The molecule has 1 aliphatic rings. The van der Waals surface area contributed by atoms with Gasteiger partial charge in [0.1, 0.15) is 5.54 Å². The van der Waals surface area contributed by atoms with E-state index in [4.69, 9.17) is 10.5 Å². The zero-order chi connectivity index (χ0) is 13.2. The van der Waals surface area contributed by atoms with Crippen molar-refractivity contribution >= 4 is 5.97 Å². The fourth-order valence-electron chi connectivity index (χ4n) is 2.66. The summed E-state index contributed by atoms with van der Waals surface area (Å²) < 4.78 is 4.92. The van der Waals surface area contributed by atoms with Crippen molar-refractivity contribution in [3.63, 3.8) is 0 Å². The molecule has 0 unspecified atom stereocenters. The monoisotopic (exact) mass is 248 g/mol. The number of hydrogen-bond donors (Lipinski definition) is 1. The van der Waals surface area contributed by atoms with Gasteiger partial charge in [-0.2, -0.15) is 0 Å². The van der Waals surface area contributed by atoms with Crippen molar-refractivity contribution in [1.29, 1.82) is 0 Å². The summed E-state index contributed by atoms with van der Waals surface area (Å²) in [5.41, 5.74) is 6.57. The van der Waals surface area contributed by atoms with Gasteiger partial charge in [0.15, 0.2) is 0 Å². The van der Waals surface area contributed by atoms with E-state index in [9.17, 15) is 4.79 Å². The standard InChI is InChI=1S/C14H20N2O2/c1-14(13(17)18-2)8-12(15)10-16(14)9-11-6-4-3-5-7-11/h3-7,12H,8-10,15H2,1-2H3/t12-,14+/m0/s1. The molecule has 0 aromatic heterocycles. The number of nitrogens with zero attached hydrogens (tertiary/aromatic N) is 1. The maximum absolute atomic E-state index is 12.0. The second kappa shape index (κ2) is 5.08. The lowest BCUT2D eigenvalue weighted by atomic mass is 9.97. The highest BCUT2D eigenvalue weighted by Gasteiger charge is 2.47. The molecular formula is C14H20N2O2. The third kappa shape index (κ3) is 2.40. The molecule has 1 aromatic carbocycles. The molecule has 2 rings (SSSR count). The van der Waals surface area contributed by atoms with Gasteiger partial charge in [0.05, 0.1) is 7.11 Å². The Morgan fingerprint density at radius 3 is 2.78 bits per heavy atom. The third-order valence-electron chi connectivity index (χ3n) is 3.65. The maximum Gasteiger partial charge on any atom is 0.326 e. The summed E-state index contributed by atoms with van der Waals surface area (Å²) in [7, 11) is 1.43.